The lowest BCUT2D eigenvalue weighted by molar-refractivity contribution is 0.662. The highest BCUT2D eigenvalue weighted by Gasteiger charge is 2.37. The van der Waals surface area contributed by atoms with Crippen LogP contribution in [0.2, 0.25) is 0 Å². The van der Waals surface area contributed by atoms with Crippen molar-refractivity contribution < 1.29 is 0 Å². The van der Waals surface area contributed by atoms with Crippen molar-refractivity contribution in [2.45, 2.75) is 33.1 Å². The van der Waals surface area contributed by atoms with E-state index in [4.69, 9.17) is 0 Å². The highest BCUT2D eigenvalue weighted by molar-refractivity contribution is 6.14. The predicted molar refractivity (Wildman–Crippen MR) is 182 cm³/mol. The molecule has 8 aromatic rings. The number of nitrogens with zero attached hydrogens (tertiary/aromatic N) is 2. The quantitative estimate of drug-likeness (QED) is 0.202. The molecule has 0 fully saturated rings. The molecule has 9 rings (SSSR count). The molecule has 0 spiro atoms. The zero-order valence-corrected chi connectivity index (χ0v) is 24.9. The molecular weight excluding hydrogens is 520 g/mol. The minimum Gasteiger partial charge on any atom is -0.309 e. The van der Waals surface area contributed by atoms with Gasteiger partial charge >= 0.3 is 0 Å². The molecule has 0 unspecified atom stereocenters. The lowest BCUT2D eigenvalue weighted by Crippen LogP contribution is -2.14. The third kappa shape index (κ3) is 3.29. The minimum atomic E-state index is -0.118. The Kier molecular flexibility index (Phi) is 4.84. The number of aromatic nitrogens is 2. The van der Waals surface area contributed by atoms with Gasteiger partial charge in [-0.15, -0.1) is 0 Å². The van der Waals surface area contributed by atoms with Crippen LogP contribution in [0.25, 0.3) is 66.1 Å². The van der Waals surface area contributed by atoms with Crippen molar-refractivity contribution in [3.05, 3.63) is 144 Å². The summed E-state index contributed by atoms with van der Waals surface area (Å²) >= 11 is 0. The van der Waals surface area contributed by atoms with E-state index >= 15 is 0 Å². The maximum absolute atomic E-state index is 2.48. The Labute approximate surface area is 251 Å². The molecular formula is C41H32N2. The monoisotopic (exact) mass is 552 g/mol. The van der Waals surface area contributed by atoms with Gasteiger partial charge in [-0.25, -0.2) is 0 Å². The number of benzene rings is 6. The summed E-state index contributed by atoms with van der Waals surface area (Å²) in [6.07, 6.45) is 0. The third-order valence-electron chi connectivity index (χ3n) is 9.84. The van der Waals surface area contributed by atoms with Crippen molar-refractivity contribution in [3.8, 4) is 22.5 Å². The summed E-state index contributed by atoms with van der Waals surface area (Å²) in [5.74, 6) is 0. The number of fused-ring (bicyclic) bond motifs is 9. The first-order chi connectivity index (χ1) is 20.9. The average molecular weight is 553 g/mol. The maximum atomic E-state index is 2.48. The van der Waals surface area contributed by atoms with Gasteiger partial charge in [-0.05, 0) is 96.8 Å². The molecule has 2 aromatic heterocycles. The largest absolute Gasteiger partial charge is 0.309 e. The number of hydrogen-bond acceptors (Lipinski definition) is 0. The molecule has 0 aliphatic heterocycles. The maximum Gasteiger partial charge on any atom is 0.0547 e. The van der Waals surface area contributed by atoms with Gasteiger partial charge in [-0.2, -0.15) is 0 Å². The van der Waals surface area contributed by atoms with Gasteiger partial charge in [0.05, 0.1) is 22.1 Å². The van der Waals surface area contributed by atoms with Gasteiger partial charge in [-0.1, -0.05) is 85.6 Å². The van der Waals surface area contributed by atoms with E-state index in [1.165, 1.54) is 88.4 Å². The molecule has 43 heavy (non-hydrogen) atoms. The van der Waals surface area contributed by atoms with Crippen molar-refractivity contribution >= 4 is 43.6 Å². The van der Waals surface area contributed by atoms with Gasteiger partial charge < -0.3 is 9.13 Å². The fourth-order valence-corrected chi connectivity index (χ4v) is 7.60. The fraction of sp³-hybridized carbons (Fsp3) is 0.122. The first kappa shape index (κ1) is 24.5. The Morgan fingerprint density at radius 2 is 0.814 bits per heavy atom. The zero-order valence-electron chi connectivity index (χ0n) is 24.9. The summed E-state index contributed by atoms with van der Waals surface area (Å²) in [4.78, 5) is 0. The van der Waals surface area contributed by atoms with Crippen LogP contribution < -0.4 is 0 Å². The smallest absolute Gasteiger partial charge is 0.0547 e. The molecule has 6 aromatic carbocycles. The highest BCUT2D eigenvalue weighted by Crippen LogP contribution is 2.53. The summed E-state index contributed by atoms with van der Waals surface area (Å²) < 4.78 is 4.88. The first-order valence-electron chi connectivity index (χ1n) is 15.2. The van der Waals surface area contributed by atoms with Gasteiger partial charge in [0.1, 0.15) is 0 Å². The Bertz CT molecular complexity index is 2240. The third-order valence-corrected chi connectivity index (χ3v) is 9.84. The average Bonchev–Trinajstić information content (AvgIpc) is 3.60. The summed E-state index contributed by atoms with van der Waals surface area (Å²) in [6, 6.07) is 45.4. The molecule has 0 N–H and O–H groups in total. The molecule has 0 saturated heterocycles. The second kappa shape index (κ2) is 8.49. The molecule has 2 heteroatoms. The van der Waals surface area contributed by atoms with E-state index in [9.17, 15) is 0 Å². The van der Waals surface area contributed by atoms with E-state index in [1.807, 2.05) is 0 Å². The van der Waals surface area contributed by atoms with Gasteiger partial charge in [0.15, 0.2) is 0 Å². The molecule has 1 aliphatic rings. The summed E-state index contributed by atoms with van der Waals surface area (Å²) in [5.41, 5.74) is 15.3. The normalized spacial score (nSPS) is 13.8. The van der Waals surface area contributed by atoms with Crippen molar-refractivity contribution in [1.29, 1.82) is 0 Å². The number of hydrogen-bond donors (Lipinski definition) is 0. The molecule has 1 aliphatic carbocycles. The predicted octanol–water partition coefficient (Wildman–Crippen LogP) is 10.8. The number of rotatable bonds is 2. The lowest BCUT2D eigenvalue weighted by atomic mass is 9.81. The Morgan fingerprint density at radius 3 is 1.23 bits per heavy atom. The van der Waals surface area contributed by atoms with Crippen LogP contribution in [-0.4, -0.2) is 9.13 Å². The molecule has 0 atom stereocenters. The SMILES string of the molecule is Cc1ccc(-n2c3ccccc3c3cc4c(cc32)-c2cc3c(cc2C4(C)C)c2ccccc2n3-c2ccc(C)cc2)cc1. The molecule has 0 radical (unpaired) electrons. The Balaban J connectivity index is 1.39. The van der Waals surface area contributed by atoms with Gasteiger partial charge in [0.25, 0.3) is 0 Å². The molecule has 0 saturated carbocycles. The first-order valence-corrected chi connectivity index (χ1v) is 15.2. The molecule has 0 bridgehead atoms. The van der Waals surface area contributed by atoms with Crippen LogP contribution in [-0.2, 0) is 5.41 Å². The van der Waals surface area contributed by atoms with Crippen LogP contribution in [0.5, 0.6) is 0 Å². The fourth-order valence-electron chi connectivity index (χ4n) is 7.60. The summed E-state index contributed by atoms with van der Waals surface area (Å²) in [7, 11) is 0. The molecule has 206 valence electrons. The second-order valence-corrected chi connectivity index (χ2v) is 12.8. The standard InChI is InChI=1S/C41H32N2/c1-25-13-17-27(18-14-25)42-37-11-7-5-9-29(37)33-21-35-31(23-39(33)42)32-24-40-34(22-36(32)41(35,3)4)30-10-6-8-12-38(30)43(40)28-19-15-26(2)16-20-28/h5-24H,1-4H3. The summed E-state index contributed by atoms with van der Waals surface area (Å²) in [6.45, 7) is 9.09. The van der Waals surface area contributed by atoms with Gasteiger partial charge in [0.2, 0.25) is 0 Å². The summed E-state index contributed by atoms with van der Waals surface area (Å²) in [5, 5.41) is 5.23. The topological polar surface area (TPSA) is 9.86 Å². The van der Waals surface area contributed by atoms with Crippen LogP contribution in [0.1, 0.15) is 36.1 Å². The van der Waals surface area contributed by atoms with Crippen LogP contribution in [0.15, 0.2) is 121 Å². The van der Waals surface area contributed by atoms with Gasteiger partial charge in [0, 0.05) is 38.3 Å². The second-order valence-electron chi connectivity index (χ2n) is 12.8. The van der Waals surface area contributed by atoms with Crippen LogP contribution in [0.4, 0.5) is 0 Å². The molecule has 2 nitrogen and oxygen atoms in total. The van der Waals surface area contributed by atoms with Crippen molar-refractivity contribution in [3.63, 3.8) is 0 Å². The minimum absolute atomic E-state index is 0.118. The van der Waals surface area contributed by atoms with Crippen molar-refractivity contribution in [2.75, 3.05) is 0 Å². The van der Waals surface area contributed by atoms with E-state index in [-0.39, 0.29) is 5.41 Å². The lowest BCUT2D eigenvalue weighted by Gasteiger charge is -2.22. The van der Waals surface area contributed by atoms with Crippen molar-refractivity contribution in [2.24, 2.45) is 0 Å². The number of aryl methyl sites for hydroxylation is 2. The van der Waals surface area contributed by atoms with E-state index in [0.29, 0.717) is 0 Å². The number of para-hydroxylation sites is 2. The van der Waals surface area contributed by atoms with Gasteiger partial charge in [-0.3, -0.25) is 0 Å². The van der Waals surface area contributed by atoms with E-state index in [2.05, 4.69) is 158 Å². The van der Waals surface area contributed by atoms with Crippen molar-refractivity contribution in [1.82, 2.24) is 9.13 Å². The van der Waals surface area contributed by atoms with Crippen LogP contribution in [0.3, 0.4) is 0 Å². The van der Waals surface area contributed by atoms with E-state index < -0.39 is 0 Å². The zero-order chi connectivity index (χ0) is 29.0. The molecule has 2 heterocycles. The van der Waals surface area contributed by atoms with E-state index in [0.717, 1.165) is 0 Å². The Hall–Kier alpha value is -5.08. The van der Waals surface area contributed by atoms with Crippen LogP contribution >= 0.6 is 0 Å². The Morgan fingerprint density at radius 1 is 0.419 bits per heavy atom. The molecule has 0 amide bonds. The highest BCUT2D eigenvalue weighted by atomic mass is 15.0. The van der Waals surface area contributed by atoms with Crippen LogP contribution in [0, 0.1) is 13.8 Å². The van der Waals surface area contributed by atoms with E-state index in [1.54, 1.807) is 0 Å².